The van der Waals surface area contributed by atoms with Crippen LogP contribution in [0.3, 0.4) is 0 Å². The molecule has 3 aromatic rings. The number of aliphatic hydroxyl groups is 1. The third kappa shape index (κ3) is 8.28. The summed E-state index contributed by atoms with van der Waals surface area (Å²) in [7, 11) is 0. The van der Waals surface area contributed by atoms with Crippen LogP contribution in [0.15, 0.2) is 78.9 Å². The summed E-state index contributed by atoms with van der Waals surface area (Å²) in [6, 6.07) is 23.7. The molecule has 38 heavy (non-hydrogen) atoms. The van der Waals surface area contributed by atoms with Crippen LogP contribution in [0.1, 0.15) is 24.8 Å². The SMILES string of the molecule is NC(=O)C(CCC(=O)O)NC(=O)C(CO)NC(=O)CCc1ccc(-c2ccc(-c3ccccc3)cc2)cc1. The van der Waals surface area contributed by atoms with Gasteiger partial charge in [-0.15, -0.1) is 0 Å². The molecule has 0 heterocycles. The van der Waals surface area contributed by atoms with Gasteiger partial charge in [0.1, 0.15) is 12.1 Å². The second kappa shape index (κ2) is 13.7. The van der Waals surface area contributed by atoms with E-state index in [0.29, 0.717) is 6.42 Å². The predicted octanol–water partition coefficient (Wildman–Crippen LogP) is 2.27. The molecule has 3 aromatic carbocycles. The molecule has 0 saturated carbocycles. The molecule has 9 heteroatoms. The molecule has 0 aliphatic carbocycles. The summed E-state index contributed by atoms with van der Waals surface area (Å²) in [6.45, 7) is -0.695. The van der Waals surface area contributed by atoms with Gasteiger partial charge in [0.25, 0.3) is 0 Å². The molecule has 198 valence electrons. The Bertz CT molecular complexity index is 1240. The maximum Gasteiger partial charge on any atom is 0.303 e. The monoisotopic (exact) mass is 517 g/mol. The van der Waals surface area contributed by atoms with Crippen molar-refractivity contribution >= 4 is 23.7 Å². The molecule has 0 aliphatic rings. The molecule has 0 radical (unpaired) electrons. The molecule has 3 amide bonds. The molecule has 9 nitrogen and oxygen atoms in total. The van der Waals surface area contributed by atoms with Gasteiger partial charge in [0.2, 0.25) is 17.7 Å². The summed E-state index contributed by atoms with van der Waals surface area (Å²) in [6.07, 6.45) is -0.0774. The van der Waals surface area contributed by atoms with Crippen molar-refractivity contribution < 1.29 is 29.4 Å². The average Bonchev–Trinajstić information content (AvgIpc) is 2.93. The van der Waals surface area contributed by atoms with E-state index in [9.17, 15) is 24.3 Å². The smallest absolute Gasteiger partial charge is 0.303 e. The van der Waals surface area contributed by atoms with E-state index < -0.39 is 42.4 Å². The predicted molar refractivity (Wildman–Crippen MR) is 143 cm³/mol. The Labute approximate surface area is 220 Å². The highest BCUT2D eigenvalue weighted by Crippen LogP contribution is 2.25. The zero-order valence-corrected chi connectivity index (χ0v) is 20.8. The number of benzene rings is 3. The highest BCUT2D eigenvalue weighted by molar-refractivity contribution is 5.92. The molecule has 3 rings (SSSR count). The Morgan fingerprint density at radius 3 is 1.74 bits per heavy atom. The number of nitrogens with two attached hydrogens (primary N) is 1. The normalized spacial score (nSPS) is 12.2. The van der Waals surface area contributed by atoms with Crippen molar-refractivity contribution in [3.05, 3.63) is 84.4 Å². The van der Waals surface area contributed by atoms with Crippen LogP contribution in [0, 0.1) is 0 Å². The molecule has 2 unspecified atom stereocenters. The Hall–Kier alpha value is -4.50. The van der Waals surface area contributed by atoms with E-state index in [2.05, 4.69) is 47.0 Å². The van der Waals surface area contributed by atoms with Crippen LogP contribution in [-0.4, -0.2) is 52.6 Å². The zero-order valence-electron chi connectivity index (χ0n) is 20.8. The zero-order chi connectivity index (χ0) is 27.5. The molecule has 0 aliphatic heterocycles. The number of aliphatic hydroxyl groups excluding tert-OH is 1. The summed E-state index contributed by atoms with van der Waals surface area (Å²) in [5.74, 6) is -3.33. The lowest BCUT2D eigenvalue weighted by atomic mass is 9.99. The van der Waals surface area contributed by atoms with Crippen molar-refractivity contribution in [1.29, 1.82) is 0 Å². The number of rotatable bonds is 13. The Morgan fingerprint density at radius 2 is 1.24 bits per heavy atom. The Morgan fingerprint density at radius 1 is 0.711 bits per heavy atom. The molecule has 0 bridgehead atoms. The lowest BCUT2D eigenvalue weighted by molar-refractivity contribution is -0.138. The van der Waals surface area contributed by atoms with Gasteiger partial charge in [-0.05, 0) is 40.7 Å². The lowest BCUT2D eigenvalue weighted by Gasteiger charge is -2.20. The minimum absolute atomic E-state index is 0.0765. The largest absolute Gasteiger partial charge is 0.481 e. The Balaban J connectivity index is 1.51. The summed E-state index contributed by atoms with van der Waals surface area (Å²) >= 11 is 0. The number of carboxylic acids is 1. The molecule has 0 aromatic heterocycles. The summed E-state index contributed by atoms with van der Waals surface area (Å²) in [4.78, 5) is 47.0. The van der Waals surface area contributed by atoms with Crippen LogP contribution < -0.4 is 16.4 Å². The van der Waals surface area contributed by atoms with Crippen molar-refractivity contribution in [3.8, 4) is 22.3 Å². The van der Waals surface area contributed by atoms with Crippen LogP contribution in [0.5, 0.6) is 0 Å². The van der Waals surface area contributed by atoms with E-state index in [4.69, 9.17) is 10.8 Å². The van der Waals surface area contributed by atoms with E-state index in [1.54, 1.807) is 0 Å². The maximum atomic E-state index is 12.4. The number of hydrogen-bond donors (Lipinski definition) is 5. The van der Waals surface area contributed by atoms with Gasteiger partial charge in [0.15, 0.2) is 0 Å². The van der Waals surface area contributed by atoms with Gasteiger partial charge >= 0.3 is 5.97 Å². The van der Waals surface area contributed by atoms with Gasteiger partial charge in [-0.25, -0.2) is 0 Å². The number of aliphatic carboxylic acids is 1. The van der Waals surface area contributed by atoms with Crippen molar-refractivity contribution in [2.75, 3.05) is 6.61 Å². The fourth-order valence-corrected chi connectivity index (χ4v) is 3.89. The molecule has 0 fully saturated rings. The van der Waals surface area contributed by atoms with Crippen LogP contribution in [0.25, 0.3) is 22.3 Å². The molecule has 0 spiro atoms. The molecule has 6 N–H and O–H groups in total. The third-order valence-electron chi connectivity index (χ3n) is 6.06. The fourth-order valence-electron chi connectivity index (χ4n) is 3.89. The quantitative estimate of drug-likeness (QED) is 0.234. The van der Waals surface area contributed by atoms with E-state index >= 15 is 0 Å². The van der Waals surface area contributed by atoms with E-state index in [1.807, 2.05) is 42.5 Å². The first-order valence-electron chi connectivity index (χ1n) is 12.2. The second-order valence-corrected chi connectivity index (χ2v) is 8.84. The lowest BCUT2D eigenvalue weighted by Crippen LogP contribution is -2.54. The number of primary amides is 1. The first-order chi connectivity index (χ1) is 18.3. The van der Waals surface area contributed by atoms with Gasteiger partial charge < -0.3 is 26.6 Å². The van der Waals surface area contributed by atoms with Crippen molar-refractivity contribution in [2.45, 2.75) is 37.8 Å². The van der Waals surface area contributed by atoms with Gasteiger partial charge in [-0.3, -0.25) is 19.2 Å². The van der Waals surface area contributed by atoms with Crippen molar-refractivity contribution in [1.82, 2.24) is 10.6 Å². The number of carboxylic acid groups (broad SMARTS) is 1. The van der Waals surface area contributed by atoms with Crippen LogP contribution in [0.2, 0.25) is 0 Å². The average molecular weight is 518 g/mol. The molecular weight excluding hydrogens is 486 g/mol. The summed E-state index contributed by atoms with van der Waals surface area (Å²) < 4.78 is 0. The number of amides is 3. The Kier molecular flexibility index (Phi) is 10.1. The van der Waals surface area contributed by atoms with Crippen LogP contribution in [0.4, 0.5) is 0 Å². The van der Waals surface area contributed by atoms with Crippen LogP contribution >= 0.6 is 0 Å². The second-order valence-electron chi connectivity index (χ2n) is 8.84. The molecule has 0 saturated heterocycles. The van der Waals surface area contributed by atoms with E-state index in [1.165, 1.54) is 0 Å². The number of nitrogens with one attached hydrogen (secondary N) is 2. The van der Waals surface area contributed by atoms with Gasteiger partial charge in [0, 0.05) is 12.8 Å². The van der Waals surface area contributed by atoms with Crippen molar-refractivity contribution in [2.24, 2.45) is 5.73 Å². The third-order valence-corrected chi connectivity index (χ3v) is 6.06. The molecular formula is C29H31N3O6. The van der Waals surface area contributed by atoms with Crippen molar-refractivity contribution in [3.63, 3.8) is 0 Å². The first kappa shape index (κ1) is 28.1. The number of hydrogen-bond acceptors (Lipinski definition) is 5. The number of carbonyl (C=O) groups excluding carboxylic acids is 3. The minimum atomic E-state index is -1.30. The summed E-state index contributed by atoms with van der Waals surface area (Å²) in [5.41, 5.74) is 10.5. The molecule has 2 atom stereocenters. The number of carbonyl (C=O) groups is 4. The minimum Gasteiger partial charge on any atom is -0.481 e. The topological polar surface area (TPSA) is 159 Å². The van der Waals surface area contributed by atoms with Crippen LogP contribution in [-0.2, 0) is 25.6 Å². The maximum absolute atomic E-state index is 12.4. The van der Waals surface area contributed by atoms with Gasteiger partial charge in [-0.2, -0.15) is 0 Å². The summed E-state index contributed by atoms with van der Waals surface area (Å²) in [5, 5.41) is 23.0. The highest BCUT2D eigenvalue weighted by Gasteiger charge is 2.25. The first-order valence-corrected chi connectivity index (χ1v) is 12.2. The van der Waals surface area contributed by atoms with Gasteiger partial charge in [0.05, 0.1) is 6.61 Å². The van der Waals surface area contributed by atoms with E-state index in [-0.39, 0.29) is 19.3 Å². The van der Waals surface area contributed by atoms with E-state index in [0.717, 1.165) is 27.8 Å². The standard InChI is InChI=1S/C29H31N3O6/c30-28(37)24(15-17-27(35)36)32-29(38)25(18-33)31-26(34)16-8-19-6-9-21(10-7-19)23-13-11-22(12-14-23)20-4-2-1-3-5-20/h1-7,9-14,24-25,33H,8,15-18H2,(H2,30,37)(H,31,34)(H,32,38)(H,35,36). The fraction of sp³-hybridized carbons (Fsp3) is 0.241. The highest BCUT2D eigenvalue weighted by atomic mass is 16.4. The number of aryl methyl sites for hydroxylation is 1. The van der Waals surface area contributed by atoms with Gasteiger partial charge in [-0.1, -0.05) is 78.9 Å².